The summed E-state index contributed by atoms with van der Waals surface area (Å²) in [4.78, 5) is 23.0. The maximum Gasteiger partial charge on any atom is 0.319 e. The third-order valence-electron chi connectivity index (χ3n) is 2.76. The number of hydrogen-bond acceptors (Lipinski definition) is 3. The molecule has 1 saturated heterocycles. The lowest BCUT2D eigenvalue weighted by Crippen LogP contribution is -2.21. The highest BCUT2D eigenvalue weighted by Gasteiger charge is 2.19. The summed E-state index contributed by atoms with van der Waals surface area (Å²) in [5.74, 6) is -0.0382. The van der Waals surface area contributed by atoms with E-state index < -0.39 is 0 Å². The number of carbonyl (C=O) groups is 2. The molecule has 92 valence electrons. The molecular weight excluding hydrogens is 319 g/mol. The Morgan fingerprint density at radius 2 is 1.62 bits per heavy atom. The highest BCUT2D eigenvalue weighted by Crippen LogP contribution is 2.15. The van der Waals surface area contributed by atoms with Crippen LogP contribution >= 0.6 is 22.6 Å². The highest BCUT2D eigenvalue weighted by molar-refractivity contribution is 14.1. The zero-order valence-electron chi connectivity index (χ0n) is 9.54. The standard InChI is InChI=1S/C12H19IO3/c13-11-9-10(14)7-5-3-1-2-4-6-8-16-12(11)15/h11H,1-9H2. The van der Waals surface area contributed by atoms with Crippen molar-refractivity contribution in [3.63, 3.8) is 0 Å². The molecule has 1 rings (SSSR count). The number of halogens is 1. The molecule has 1 fully saturated rings. The summed E-state index contributed by atoms with van der Waals surface area (Å²) in [7, 11) is 0. The largest absolute Gasteiger partial charge is 0.465 e. The Hall–Kier alpha value is -0.130. The number of cyclic esters (lactones) is 1. The summed E-state index contributed by atoms with van der Waals surface area (Å²) in [5, 5.41) is 0. The first-order chi connectivity index (χ1) is 7.70. The number of alkyl halides is 1. The number of ketones is 1. The summed E-state index contributed by atoms with van der Waals surface area (Å²) < 4.78 is 4.82. The van der Waals surface area contributed by atoms with Gasteiger partial charge in [-0.15, -0.1) is 0 Å². The summed E-state index contributed by atoms with van der Waals surface area (Å²) in [6.07, 6.45) is 7.49. The number of ether oxygens (including phenoxy) is 1. The van der Waals surface area contributed by atoms with Gasteiger partial charge in [0.25, 0.3) is 0 Å². The van der Waals surface area contributed by atoms with Crippen molar-refractivity contribution in [2.45, 2.75) is 55.3 Å². The molecule has 1 aliphatic heterocycles. The Balaban J connectivity index is 2.41. The van der Waals surface area contributed by atoms with Crippen LogP contribution in [0.3, 0.4) is 0 Å². The third kappa shape index (κ3) is 5.82. The van der Waals surface area contributed by atoms with Gasteiger partial charge in [-0.2, -0.15) is 0 Å². The Bertz CT molecular complexity index is 240. The molecule has 0 saturated carbocycles. The van der Waals surface area contributed by atoms with Gasteiger partial charge in [-0.05, 0) is 12.8 Å². The molecule has 0 amide bonds. The first-order valence-electron chi connectivity index (χ1n) is 6.02. The van der Waals surface area contributed by atoms with Crippen molar-refractivity contribution in [3.8, 4) is 0 Å². The van der Waals surface area contributed by atoms with Crippen molar-refractivity contribution in [1.29, 1.82) is 0 Å². The predicted molar refractivity (Wildman–Crippen MR) is 70.7 cm³/mol. The molecular formula is C12H19IO3. The van der Waals surface area contributed by atoms with Gasteiger partial charge in [0.05, 0.1) is 6.61 Å². The van der Waals surface area contributed by atoms with Gasteiger partial charge in [-0.1, -0.05) is 48.3 Å². The smallest absolute Gasteiger partial charge is 0.319 e. The number of carbonyl (C=O) groups excluding carboxylic acids is 2. The second-order valence-electron chi connectivity index (χ2n) is 4.25. The topological polar surface area (TPSA) is 43.4 Å². The van der Waals surface area contributed by atoms with Crippen LogP contribution in [-0.2, 0) is 14.3 Å². The van der Waals surface area contributed by atoms with E-state index in [0.717, 1.165) is 25.7 Å². The number of rotatable bonds is 0. The molecule has 0 radical (unpaired) electrons. The van der Waals surface area contributed by atoms with Crippen LogP contribution in [0.2, 0.25) is 0 Å². The van der Waals surface area contributed by atoms with Crippen molar-refractivity contribution < 1.29 is 14.3 Å². The van der Waals surface area contributed by atoms with Gasteiger partial charge in [-0.25, -0.2) is 0 Å². The molecule has 0 aromatic heterocycles. The molecule has 0 aromatic rings. The van der Waals surface area contributed by atoms with Crippen LogP contribution in [0.15, 0.2) is 0 Å². The minimum absolute atomic E-state index is 0.190. The molecule has 0 spiro atoms. The van der Waals surface area contributed by atoms with Crippen LogP contribution in [0.25, 0.3) is 0 Å². The van der Waals surface area contributed by atoms with E-state index in [1.54, 1.807) is 0 Å². The van der Waals surface area contributed by atoms with Gasteiger partial charge >= 0.3 is 5.97 Å². The Morgan fingerprint density at radius 1 is 1.00 bits per heavy atom. The van der Waals surface area contributed by atoms with Gasteiger partial charge in [0.1, 0.15) is 9.71 Å². The van der Waals surface area contributed by atoms with E-state index in [1.165, 1.54) is 12.8 Å². The predicted octanol–water partition coefficient (Wildman–Crippen LogP) is 3.04. The van der Waals surface area contributed by atoms with Crippen LogP contribution in [0.1, 0.15) is 51.4 Å². The van der Waals surface area contributed by atoms with Crippen molar-refractivity contribution in [2.24, 2.45) is 0 Å². The van der Waals surface area contributed by atoms with Crippen LogP contribution in [0.4, 0.5) is 0 Å². The zero-order chi connectivity index (χ0) is 11.8. The Kier molecular flexibility index (Phi) is 7.00. The fourth-order valence-corrected chi connectivity index (χ4v) is 2.45. The van der Waals surface area contributed by atoms with Crippen molar-refractivity contribution >= 4 is 34.3 Å². The fourth-order valence-electron chi connectivity index (χ4n) is 1.78. The molecule has 0 aliphatic carbocycles. The fraction of sp³-hybridized carbons (Fsp3) is 0.833. The molecule has 0 bridgehead atoms. The monoisotopic (exact) mass is 338 g/mol. The van der Waals surface area contributed by atoms with Gasteiger partial charge in [0.15, 0.2) is 0 Å². The first kappa shape index (κ1) is 13.9. The Labute approximate surface area is 110 Å². The average Bonchev–Trinajstić information content (AvgIpc) is 2.26. The lowest BCUT2D eigenvalue weighted by molar-refractivity contribution is -0.143. The van der Waals surface area contributed by atoms with Crippen molar-refractivity contribution in [3.05, 3.63) is 0 Å². The molecule has 1 aliphatic rings. The number of esters is 1. The zero-order valence-corrected chi connectivity index (χ0v) is 11.7. The number of hydrogen-bond donors (Lipinski definition) is 0. The van der Waals surface area contributed by atoms with Gasteiger partial charge in [0.2, 0.25) is 0 Å². The van der Waals surface area contributed by atoms with Crippen LogP contribution in [0.5, 0.6) is 0 Å². The van der Waals surface area contributed by atoms with Crippen molar-refractivity contribution in [1.82, 2.24) is 0 Å². The molecule has 1 heterocycles. The lowest BCUT2D eigenvalue weighted by Gasteiger charge is -2.08. The molecule has 1 atom stereocenters. The quantitative estimate of drug-likeness (QED) is 0.387. The summed E-state index contributed by atoms with van der Waals surface area (Å²) in [6, 6.07) is 0. The summed E-state index contributed by atoms with van der Waals surface area (Å²) >= 11 is 2.01. The van der Waals surface area contributed by atoms with E-state index in [1.807, 2.05) is 22.6 Å². The van der Waals surface area contributed by atoms with Gasteiger partial charge in [-0.3, -0.25) is 9.59 Å². The molecule has 4 heteroatoms. The Morgan fingerprint density at radius 3 is 2.38 bits per heavy atom. The molecule has 3 nitrogen and oxygen atoms in total. The van der Waals surface area contributed by atoms with E-state index in [-0.39, 0.29) is 15.7 Å². The van der Waals surface area contributed by atoms with Crippen LogP contribution < -0.4 is 0 Å². The lowest BCUT2D eigenvalue weighted by atomic mass is 10.1. The SMILES string of the molecule is O=C1CCCCCCCCOC(=O)C(I)C1. The van der Waals surface area contributed by atoms with E-state index in [2.05, 4.69) is 0 Å². The van der Waals surface area contributed by atoms with Crippen LogP contribution in [-0.4, -0.2) is 22.3 Å². The molecule has 0 N–H and O–H groups in total. The maximum atomic E-state index is 11.5. The van der Waals surface area contributed by atoms with Crippen molar-refractivity contribution in [2.75, 3.05) is 6.61 Å². The maximum absolute atomic E-state index is 11.5. The van der Waals surface area contributed by atoms with Crippen LogP contribution in [0, 0.1) is 0 Å². The van der Waals surface area contributed by atoms with Gasteiger partial charge < -0.3 is 4.74 Å². The van der Waals surface area contributed by atoms with Gasteiger partial charge in [0, 0.05) is 12.8 Å². The molecule has 16 heavy (non-hydrogen) atoms. The van der Waals surface area contributed by atoms with E-state index >= 15 is 0 Å². The second-order valence-corrected chi connectivity index (χ2v) is 5.75. The van der Waals surface area contributed by atoms with E-state index in [9.17, 15) is 9.59 Å². The van der Waals surface area contributed by atoms with E-state index in [0.29, 0.717) is 19.4 Å². The highest BCUT2D eigenvalue weighted by atomic mass is 127. The average molecular weight is 338 g/mol. The minimum atomic E-state index is -0.300. The minimum Gasteiger partial charge on any atom is -0.465 e. The molecule has 1 unspecified atom stereocenters. The summed E-state index contributed by atoms with van der Waals surface area (Å²) in [5.41, 5.74) is 0. The molecule has 0 aromatic carbocycles. The normalized spacial score (nSPS) is 26.2. The second kappa shape index (κ2) is 8.03. The third-order valence-corrected chi connectivity index (χ3v) is 3.71. The summed E-state index contributed by atoms with van der Waals surface area (Å²) in [6.45, 7) is 0.506. The van der Waals surface area contributed by atoms with E-state index in [4.69, 9.17) is 4.74 Å². The number of Topliss-reactive ketones (excluding diaryl/α,β-unsaturated/α-hetero) is 1. The first-order valence-corrected chi connectivity index (χ1v) is 7.27.